The molecule has 0 aromatic rings. The minimum Gasteiger partial charge on any atom is -0.466 e. The predicted octanol–water partition coefficient (Wildman–Crippen LogP) is 2.15. The maximum Gasteiger partial charge on any atom is 0.410 e. The van der Waals surface area contributed by atoms with Gasteiger partial charge in [-0.3, -0.25) is 9.69 Å². The summed E-state index contributed by atoms with van der Waals surface area (Å²) in [4.78, 5) is 27.5. The number of hydrogen-bond acceptors (Lipinski definition) is 5. The lowest BCUT2D eigenvalue weighted by atomic mass is 9.98. The van der Waals surface area contributed by atoms with Crippen LogP contribution in [0.2, 0.25) is 0 Å². The summed E-state index contributed by atoms with van der Waals surface area (Å²) in [6.07, 6.45) is 2.71. The van der Waals surface area contributed by atoms with Gasteiger partial charge in [0.05, 0.1) is 12.6 Å². The van der Waals surface area contributed by atoms with Crippen molar-refractivity contribution in [2.24, 2.45) is 5.92 Å². The molecule has 2 fully saturated rings. The fourth-order valence-corrected chi connectivity index (χ4v) is 3.79. The largest absolute Gasteiger partial charge is 0.466 e. The van der Waals surface area contributed by atoms with E-state index < -0.39 is 0 Å². The van der Waals surface area contributed by atoms with Gasteiger partial charge < -0.3 is 19.7 Å². The molecule has 148 valence electrons. The first-order valence-corrected chi connectivity index (χ1v) is 9.98. The molecule has 26 heavy (non-hydrogen) atoms. The minimum atomic E-state index is -0.179. The maximum atomic E-state index is 12.1. The van der Waals surface area contributed by atoms with Crippen LogP contribution in [0.5, 0.6) is 0 Å². The van der Waals surface area contributed by atoms with Crippen LogP contribution in [0.4, 0.5) is 4.79 Å². The van der Waals surface area contributed by atoms with Crippen LogP contribution in [0.25, 0.3) is 0 Å². The fourth-order valence-electron chi connectivity index (χ4n) is 3.50. The molecule has 1 atom stereocenters. The van der Waals surface area contributed by atoms with Crippen LogP contribution in [0.15, 0.2) is 0 Å². The molecular formula is C18H31N3O4S. The monoisotopic (exact) mass is 385 g/mol. The lowest BCUT2D eigenvalue weighted by Crippen LogP contribution is -2.52. The van der Waals surface area contributed by atoms with Crippen molar-refractivity contribution in [2.45, 2.75) is 58.5 Å². The molecule has 2 aliphatic rings. The summed E-state index contributed by atoms with van der Waals surface area (Å²) in [6, 6.07) is 0.396. The van der Waals surface area contributed by atoms with E-state index in [1.807, 2.05) is 4.90 Å². The van der Waals surface area contributed by atoms with Gasteiger partial charge >= 0.3 is 12.1 Å². The highest BCUT2D eigenvalue weighted by Crippen LogP contribution is 2.27. The van der Waals surface area contributed by atoms with E-state index in [0.29, 0.717) is 38.5 Å². The number of nitrogens with one attached hydrogen (secondary N) is 1. The van der Waals surface area contributed by atoms with E-state index in [1.54, 1.807) is 6.92 Å². The van der Waals surface area contributed by atoms with E-state index in [4.69, 9.17) is 21.7 Å². The van der Waals surface area contributed by atoms with Gasteiger partial charge in [-0.1, -0.05) is 13.8 Å². The van der Waals surface area contributed by atoms with Crippen LogP contribution in [0.3, 0.4) is 0 Å². The van der Waals surface area contributed by atoms with Gasteiger partial charge in [-0.05, 0) is 44.3 Å². The molecule has 2 rings (SSSR count). The Morgan fingerprint density at radius 1 is 1.38 bits per heavy atom. The predicted molar refractivity (Wildman–Crippen MR) is 103 cm³/mol. The van der Waals surface area contributed by atoms with Crippen molar-refractivity contribution in [1.82, 2.24) is 15.1 Å². The second-order valence-corrected chi connectivity index (χ2v) is 7.54. The molecule has 0 radical (unpaired) electrons. The third-order valence-electron chi connectivity index (χ3n) is 5.00. The Morgan fingerprint density at radius 2 is 2.08 bits per heavy atom. The lowest BCUT2D eigenvalue weighted by Gasteiger charge is -2.39. The number of piperidine rings is 1. The summed E-state index contributed by atoms with van der Waals surface area (Å²) in [5.74, 6) is 0.222. The van der Waals surface area contributed by atoms with Crippen LogP contribution in [0, 0.1) is 5.92 Å². The number of ether oxygens (including phenoxy) is 2. The molecule has 0 aliphatic carbocycles. The first-order chi connectivity index (χ1) is 12.4. The van der Waals surface area contributed by atoms with Gasteiger partial charge in [0, 0.05) is 32.1 Å². The number of carbonyl (C=O) groups is 2. The first kappa shape index (κ1) is 20.7. The maximum absolute atomic E-state index is 12.1. The Hall–Kier alpha value is -1.57. The van der Waals surface area contributed by atoms with Crippen LogP contribution in [-0.4, -0.2) is 71.9 Å². The number of esters is 1. The van der Waals surface area contributed by atoms with Gasteiger partial charge in [-0.25, -0.2) is 4.79 Å². The molecule has 0 aromatic carbocycles. The van der Waals surface area contributed by atoms with E-state index in [2.05, 4.69) is 24.1 Å². The van der Waals surface area contributed by atoms with Gasteiger partial charge in [-0.15, -0.1) is 0 Å². The van der Waals surface area contributed by atoms with Crippen molar-refractivity contribution >= 4 is 29.4 Å². The molecule has 7 nitrogen and oxygen atoms in total. The molecule has 0 saturated carbocycles. The third kappa shape index (κ3) is 5.46. The Balaban J connectivity index is 1.71. The number of hydrogen-bond donors (Lipinski definition) is 1. The van der Waals surface area contributed by atoms with Crippen LogP contribution in [0.1, 0.15) is 46.5 Å². The standard InChI is InChI=1S/C18H31N3O4S/c1-4-24-16(22)6-5-9-19-17(26)20-10-7-14(8-11-20)21-15(13(2)3)12-25-18(21)23/h13-15H,4-12H2,1-3H3,(H,19,26). The summed E-state index contributed by atoms with van der Waals surface area (Å²) >= 11 is 5.46. The molecule has 1 unspecified atom stereocenters. The molecule has 1 N–H and O–H groups in total. The zero-order chi connectivity index (χ0) is 19.1. The number of amides is 1. The van der Waals surface area contributed by atoms with Gasteiger partial charge in [-0.2, -0.15) is 0 Å². The van der Waals surface area contributed by atoms with Crippen molar-refractivity contribution in [3.8, 4) is 0 Å². The highest BCUT2D eigenvalue weighted by atomic mass is 32.1. The molecule has 1 amide bonds. The van der Waals surface area contributed by atoms with E-state index in [9.17, 15) is 9.59 Å². The van der Waals surface area contributed by atoms with Crippen LogP contribution >= 0.6 is 12.2 Å². The third-order valence-corrected chi connectivity index (χ3v) is 5.40. The summed E-state index contributed by atoms with van der Waals surface area (Å²) < 4.78 is 10.2. The number of carbonyl (C=O) groups excluding carboxylic acids is 2. The number of thiocarbonyl (C=S) groups is 1. The number of nitrogens with zero attached hydrogens (tertiary/aromatic N) is 2. The van der Waals surface area contributed by atoms with Crippen molar-refractivity contribution in [1.29, 1.82) is 0 Å². The van der Waals surface area contributed by atoms with Gasteiger partial charge in [0.2, 0.25) is 0 Å². The topological polar surface area (TPSA) is 71.1 Å². The smallest absolute Gasteiger partial charge is 0.410 e. The highest BCUT2D eigenvalue weighted by molar-refractivity contribution is 7.80. The highest BCUT2D eigenvalue weighted by Gasteiger charge is 2.40. The zero-order valence-corrected chi connectivity index (χ0v) is 16.8. The van der Waals surface area contributed by atoms with Gasteiger partial charge in [0.25, 0.3) is 0 Å². The fraction of sp³-hybridized carbons (Fsp3) is 0.833. The molecule has 2 saturated heterocycles. The van der Waals surface area contributed by atoms with E-state index in [0.717, 1.165) is 31.0 Å². The number of cyclic esters (lactones) is 1. The Labute approximate surface area is 161 Å². The number of likely N-dealkylation sites (tertiary alicyclic amines) is 1. The lowest BCUT2D eigenvalue weighted by molar-refractivity contribution is -0.143. The van der Waals surface area contributed by atoms with Crippen molar-refractivity contribution < 1.29 is 19.1 Å². The second kappa shape index (κ2) is 9.94. The summed E-state index contributed by atoms with van der Waals surface area (Å²) in [5.41, 5.74) is 0. The van der Waals surface area contributed by atoms with E-state index in [-0.39, 0.29) is 24.1 Å². The average molecular weight is 386 g/mol. The molecular weight excluding hydrogens is 354 g/mol. The Bertz CT molecular complexity index is 507. The van der Waals surface area contributed by atoms with Crippen molar-refractivity contribution in [2.75, 3.05) is 32.8 Å². The summed E-state index contributed by atoms with van der Waals surface area (Å²) in [6.45, 7) is 9.28. The molecule has 0 spiro atoms. The summed E-state index contributed by atoms with van der Waals surface area (Å²) in [7, 11) is 0. The van der Waals surface area contributed by atoms with Gasteiger partial charge in [0.15, 0.2) is 5.11 Å². The quantitative estimate of drug-likeness (QED) is 0.409. The number of rotatable bonds is 7. The van der Waals surface area contributed by atoms with E-state index >= 15 is 0 Å². The minimum absolute atomic E-state index is 0.168. The van der Waals surface area contributed by atoms with Crippen LogP contribution < -0.4 is 5.32 Å². The molecule has 0 aromatic heterocycles. The van der Waals surface area contributed by atoms with Gasteiger partial charge in [0.1, 0.15) is 6.61 Å². The Morgan fingerprint density at radius 3 is 2.69 bits per heavy atom. The SMILES string of the molecule is CCOC(=O)CCCNC(=S)N1CCC(N2C(=O)OCC2C(C)C)CC1. The van der Waals surface area contributed by atoms with Crippen molar-refractivity contribution in [3.63, 3.8) is 0 Å². The summed E-state index contributed by atoms with van der Waals surface area (Å²) in [5, 5.41) is 3.93. The van der Waals surface area contributed by atoms with Crippen molar-refractivity contribution in [3.05, 3.63) is 0 Å². The molecule has 2 heterocycles. The second-order valence-electron chi connectivity index (χ2n) is 7.15. The molecule has 2 aliphatic heterocycles. The zero-order valence-electron chi connectivity index (χ0n) is 16.0. The Kier molecular flexibility index (Phi) is 7.93. The molecule has 0 bridgehead atoms. The normalized spacial score (nSPS) is 21.1. The average Bonchev–Trinajstić information content (AvgIpc) is 3.01. The first-order valence-electron chi connectivity index (χ1n) is 9.57. The van der Waals surface area contributed by atoms with Crippen LogP contribution in [-0.2, 0) is 14.3 Å². The van der Waals surface area contributed by atoms with E-state index in [1.165, 1.54) is 0 Å². The molecule has 8 heteroatoms.